The standard InChI is InChI=1S/C17H22N2O4S/c18-10-2-5-13-23-17(20)14-15-6-8-16(9-7-15)24(21,22)19-11-3-1-4-12-19/h6-9H,1-5,11-14H2. The second kappa shape index (κ2) is 8.81. The van der Waals surface area contributed by atoms with E-state index in [2.05, 4.69) is 0 Å². The summed E-state index contributed by atoms with van der Waals surface area (Å²) in [7, 11) is -3.44. The van der Waals surface area contributed by atoms with Crippen molar-refractivity contribution in [1.82, 2.24) is 4.31 Å². The molecule has 0 saturated carbocycles. The van der Waals surface area contributed by atoms with Crippen LogP contribution < -0.4 is 0 Å². The monoisotopic (exact) mass is 350 g/mol. The van der Waals surface area contributed by atoms with Gasteiger partial charge in [0.15, 0.2) is 0 Å². The van der Waals surface area contributed by atoms with E-state index in [1.165, 1.54) is 4.31 Å². The van der Waals surface area contributed by atoms with Gasteiger partial charge >= 0.3 is 5.97 Å². The molecule has 1 aromatic carbocycles. The first-order chi connectivity index (χ1) is 11.5. The van der Waals surface area contributed by atoms with Crippen LogP contribution in [-0.4, -0.2) is 38.4 Å². The maximum Gasteiger partial charge on any atom is 0.310 e. The molecule has 0 atom stereocenters. The summed E-state index contributed by atoms with van der Waals surface area (Å²) in [5, 5.41) is 8.41. The van der Waals surface area contributed by atoms with E-state index < -0.39 is 10.0 Å². The number of sulfonamides is 1. The number of esters is 1. The Morgan fingerprint density at radius 3 is 2.46 bits per heavy atom. The van der Waals surface area contributed by atoms with Crippen LogP contribution in [0.5, 0.6) is 0 Å². The Kier molecular flexibility index (Phi) is 6.76. The summed E-state index contributed by atoms with van der Waals surface area (Å²) in [6.45, 7) is 1.37. The largest absolute Gasteiger partial charge is 0.465 e. The molecule has 1 aliphatic heterocycles. The third kappa shape index (κ3) is 5.05. The van der Waals surface area contributed by atoms with Gasteiger partial charge in [0.2, 0.25) is 10.0 Å². The Morgan fingerprint density at radius 2 is 1.83 bits per heavy atom. The number of piperidine rings is 1. The van der Waals surface area contributed by atoms with Gasteiger partial charge in [-0.1, -0.05) is 18.6 Å². The molecule has 0 unspecified atom stereocenters. The van der Waals surface area contributed by atoms with Crippen LogP contribution in [-0.2, 0) is 26.0 Å². The highest BCUT2D eigenvalue weighted by molar-refractivity contribution is 7.89. The van der Waals surface area contributed by atoms with Crippen molar-refractivity contribution in [3.63, 3.8) is 0 Å². The molecule has 1 aliphatic rings. The lowest BCUT2D eigenvalue weighted by atomic mass is 10.1. The topological polar surface area (TPSA) is 87.5 Å². The Hall–Kier alpha value is -1.91. The number of nitriles is 1. The van der Waals surface area contributed by atoms with E-state index >= 15 is 0 Å². The van der Waals surface area contributed by atoms with E-state index in [1.54, 1.807) is 24.3 Å². The summed E-state index contributed by atoms with van der Waals surface area (Å²) in [6, 6.07) is 8.37. The third-order valence-electron chi connectivity index (χ3n) is 3.92. The first kappa shape index (κ1) is 18.4. The zero-order valence-corrected chi connectivity index (χ0v) is 14.4. The quantitative estimate of drug-likeness (QED) is 0.556. The predicted octanol–water partition coefficient (Wildman–Crippen LogP) is 2.25. The first-order valence-corrected chi connectivity index (χ1v) is 9.60. The van der Waals surface area contributed by atoms with Crippen molar-refractivity contribution in [3.8, 4) is 6.07 Å². The summed E-state index contributed by atoms with van der Waals surface area (Å²) in [5.74, 6) is -0.375. The van der Waals surface area contributed by atoms with Gasteiger partial charge in [-0.25, -0.2) is 8.42 Å². The van der Waals surface area contributed by atoms with Gasteiger partial charge in [0.1, 0.15) is 0 Å². The fourth-order valence-corrected chi connectivity index (χ4v) is 4.11. The number of rotatable bonds is 7. The van der Waals surface area contributed by atoms with E-state index in [0.29, 0.717) is 31.5 Å². The van der Waals surface area contributed by atoms with Crippen molar-refractivity contribution in [2.75, 3.05) is 19.7 Å². The molecule has 7 heteroatoms. The minimum Gasteiger partial charge on any atom is -0.465 e. The lowest BCUT2D eigenvalue weighted by Crippen LogP contribution is -2.35. The van der Waals surface area contributed by atoms with Crippen LogP contribution in [0.3, 0.4) is 0 Å². The molecular weight excluding hydrogens is 328 g/mol. The number of carbonyl (C=O) groups excluding carboxylic acids is 1. The summed E-state index contributed by atoms with van der Waals surface area (Å²) in [4.78, 5) is 11.9. The van der Waals surface area contributed by atoms with Gasteiger partial charge in [-0.3, -0.25) is 4.79 Å². The maximum absolute atomic E-state index is 12.5. The molecule has 2 rings (SSSR count). The predicted molar refractivity (Wildman–Crippen MR) is 88.6 cm³/mol. The van der Waals surface area contributed by atoms with Crippen molar-refractivity contribution in [1.29, 1.82) is 5.26 Å². The van der Waals surface area contributed by atoms with Gasteiger partial charge in [0, 0.05) is 19.5 Å². The second-order valence-corrected chi connectivity index (χ2v) is 7.71. The van der Waals surface area contributed by atoms with E-state index in [0.717, 1.165) is 19.3 Å². The Morgan fingerprint density at radius 1 is 1.17 bits per heavy atom. The summed E-state index contributed by atoms with van der Waals surface area (Å²) < 4.78 is 31.6. The molecule has 0 bridgehead atoms. The van der Waals surface area contributed by atoms with Crippen molar-refractivity contribution < 1.29 is 17.9 Å². The average molecular weight is 350 g/mol. The molecule has 1 fully saturated rings. The second-order valence-electron chi connectivity index (χ2n) is 5.77. The SMILES string of the molecule is N#CCCCOC(=O)Cc1ccc(S(=O)(=O)N2CCCCC2)cc1. The van der Waals surface area contributed by atoms with Crippen LogP contribution >= 0.6 is 0 Å². The fraction of sp³-hybridized carbons (Fsp3) is 0.529. The molecular formula is C17H22N2O4S. The molecule has 0 aromatic heterocycles. The first-order valence-electron chi connectivity index (χ1n) is 8.16. The fourth-order valence-electron chi connectivity index (χ4n) is 2.59. The van der Waals surface area contributed by atoms with Crippen molar-refractivity contribution in [2.45, 2.75) is 43.4 Å². The number of carbonyl (C=O) groups is 1. The Labute approximate surface area is 143 Å². The van der Waals surface area contributed by atoms with Crippen LogP contribution in [0.1, 0.15) is 37.7 Å². The van der Waals surface area contributed by atoms with Gasteiger partial charge in [0.25, 0.3) is 0 Å². The number of benzene rings is 1. The summed E-state index contributed by atoms with van der Waals surface area (Å²) >= 11 is 0. The molecule has 1 aromatic rings. The van der Waals surface area contributed by atoms with Crippen molar-refractivity contribution >= 4 is 16.0 Å². The number of hydrogen-bond donors (Lipinski definition) is 0. The van der Waals surface area contributed by atoms with E-state index in [4.69, 9.17) is 10.00 Å². The Balaban J connectivity index is 1.92. The third-order valence-corrected chi connectivity index (χ3v) is 5.83. The highest BCUT2D eigenvalue weighted by Crippen LogP contribution is 2.21. The highest BCUT2D eigenvalue weighted by atomic mass is 32.2. The molecule has 1 saturated heterocycles. The molecule has 0 radical (unpaired) electrons. The molecule has 130 valence electrons. The van der Waals surface area contributed by atoms with Gasteiger partial charge in [-0.2, -0.15) is 9.57 Å². The molecule has 1 heterocycles. The van der Waals surface area contributed by atoms with Gasteiger partial charge in [-0.15, -0.1) is 0 Å². The molecule has 0 spiro atoms. The summed E-state index contributed by atoms with van der Waals surface area (Å²) in [5.41, 5.74) is 0.706. The van der Waals surface area contributed by atoms with Crippen LogP contribution in [0, 0.1) is 11.3 Å². The number of ether oxygens (including phenoxy) is 1. The van der Waals surface area contributed by atoms with Crippen LogP contribution in [0.25, 0.3) is 0 Å². The minimum absolute atomic E-state index is 0.0938. The van der Waals surface area contributed by atoms with Crippen molar-refractivity contribution in [2.24, 2.45) is 0 Å². The molecule has 6 nitrogen and oxygen atoms in total. The van der Waals surface area contributed by atoms with Gasteiger partial charge in [0.05, 0.1) is 24.0 Å². The number of nitrogens with zero attached hydrogens (tertiary/aromatic N) is 2. The Bertz CT molecular complexity index is 686. The smallest absolute Gasteiger partial charge is 0.310 e. The van der Waals surface area contributed by atoms with E-state index in [9.17, 15) is 13.2 Å². The van der Waals surface area contributed by atoms with E-state index in [-0.39, 0.29) is 23.9 Å². The van der Waals surface area contributed by atoms with Crippen LogP contribution in [0.2, 0.25) is 0 Å². The number of hydrogen-bond acceptors (Lipinski definition) is 5. The highest BCUT2D eigenvalue weighted by Gasteiger charge is 2.25. The normalized spacial score (nSPS) is 15.6. The zero-order valence-electron chi connectivity index (χ0n) is 13.6. The zero-order chi connectivity index (χ0) is 17.4. The molecule has 0 aliphatic carbocycles. The van der Waals surface area contributed by atoms with Crippen molar-refractivity contribution in [3.05, 3.63) is 29.8 Å². The summed E-state index contributed by atoms with van der Waals surface area (Å²) in [6.07, 6.45) is 3.84. The molecule has 0 N–H and O–H groups in total. The molecule has 24 heavy (non-hydrogen) atoms. The van der Waals surface area contributed by atoms with Crippen LogP contribution in [0.4, 0.5) is 0 Å². The van der Waals surface area contributed by atoms with Gasteiger partial charge in [-0.05, 0) is 37.0 Å². The number of unbranched alkanes of at least 4 members (excludes halogenated alkanes) is 1. The van der Waals surface area contributed by atoms with Gasteiger partial charge < -0.3 is 4.74 Å². The van der Waals surface area contributed by atoms with Crippen LogP contribution in [0.15, 0.2) is 29.2 Å². The van der Waals surface area contributed by atoms with E-state index in [1.807, 2.05) is 6.07 Å². The minimum atomic E-state index is -3.44. The lowest BCUT2D eigenvalue weighted by Gasteiger charge is -2.25. The lowest BCUT2D eigenvalue weighted by molar-refractivity contribution is -0.142. The maximum atomic E-state index is 12.5. The molecule has 0 amide bonds. The average Bonchev–Trinajstić information content (AvgIpc) is 2.60.